The minimum absolute atomic E-state index is 0.0342. The van der Waals surface area contributed by atoms with Gasteiger partial charge in [-0.25, -0.2) is 0 Å². The second-order valence-corrected chi connectivity index (χ2v) is 15.6. The van der Waals surface area contributed by atoms with Gasteiger partial charge in [0, 0.05) is 19.3 Å². The molecular formula is C43H81NO7. The summed E-state index contributed by atoms with van der Waals surface area (Å²) in [5.41, 5.74) is 0. The lowest BCUT2D eigenvalue weighted by molar-refractivity contribution is -0.889. The van der Waals surface area contributed by atoms with Crippen molar-refractivity contribution in [3.05, 3.63) is 12.2 Å². The van der Waals surface area contributed by atoms with E-state index in [-0.39, 0.29) is 49.1 Å². The summed E-state index contributed by atoms with van der Waals surface area (Å²) in [6, 6.07) is -0.724. The number of quaternary nitrogens is 1. The number of esters is 2. The Bertz CT molecular complexity index is 854. The highest BCUT2D eigenvalue weighted by Crippen LogP contribution is 2.16. The topological polar surface area (TPSA) is 102 Å². The first-order valence-corrected chi connectivity index (χ1v) is 21.2. The van der Waals surface area contributed by atoms with Gasteiger partial charge in [0.1, 0.15) is 12.6 Å². The molecule has 0 aliphatic rings. The van der Waals surface area contributed by atoms with Gasteiger partial charge in [-0.05, 0) is 25.7 Å². The Morgan fingerprint density at radius 2 is 1.02 bits per heavy atom. The first-order chi connectivity index (χ1) is 24.6. The number of likely N-dealkylation sites (N-methyl/N-ethyl adjacent to an activating group) is 1. The van der Waals surface area contributed by atoms with Gasteiger partial charge in [-0.2, -0.15) is 0 Å². The number of carboxylic acids is 1. The molecule has 0 saturated heterocycles. The molecule has 0 aromatic carbocycles. The standard InChI is InChI=1S/C43H81NO7/c1-6-8-10-12-14-15-16-17-18-19-20-21-22-23-24-25-26-28-30-32-34-42(46)51-39(37-49-36-35-40(43(47)48)44(3,4)5)38-50-41(45)33-31-29-27-13-11-9-7-2/h27,29,39-40H,6-26,28,30-38H2,1-5H3/b29-27+. The molecule has 0 amide bonds. The fourth-order valence-electron chi connectivity index (χ4n) is 6.32. The molecule has 0 aromatic heterocycles. The Morgan fingerprint density at radius 3 is 1.49 bits per heavy atom. The van der Waals surface area contributed by atoms with Gasteiger partial charge >= 0.3 is 11.9 Å². The molecule has 0 bridgehead atoms. The van der Waals surface area contributed by atoms with E-state index in [0.717, 1.165) is 32.1 Å². The van der Waals surface area contributed by atoms with Gasteiger partial charge in [-0.3, -0.25) is 9.59 Å². The van der Waals surface area contributed by atoms with E-state index >= 15 is 0 Å². The molecule has 0 heterocycles. The summed E-state index contributed by atoms with van der Waals surface area (Å²) in [5, 5.41) is 11.6. The number of carboxylic acid groups (broad SMARTS) is 1. The maximum absolute atomic E-state index is 12.7. The quantitative estimate of drug-likeness (QED) is 0.0271. The molecule has 0 rings (SSSR count). The average molecular weight is 724 g/mol. The van der Waals surface area contributed by atoms with Crippen molar-refractivity contribution in [1.82, 2.24) is 0 Å². The van der Waals surface area contributed by atoms with Crippen molar-refractivity contribution in [2.45, 2.75) is 206 Å². The van der Waals surface area contributed by atoms with E-state index in [2.05, 4.69) is 19.9 Å². The molecule has 0 aliphatic heterocycles. The van der Waals surface area contributed by atoms with Crippen LogP contribution in [0.2, 0.25) is 0 Å². The number of carbonyl (C=O) groups is 3. The van der Waals surface area contributed by atoms with E-state index in [9.17, 15) is 19.5 Å². The average Bonchev–Trinajstić information content (AvgIpc) is 3.08. The van der Waals surface area contributed by atoms with Crippen LogP contribution in [0.1, 0.15) is 194 Å². The maximum Gasteiger partial charge on any atom is 0.306 e. The van der Waals surface area contributed by atoms with Crippen molar-refractivity contribution in [2.24, 2.45) is 0 Å². The lowest BCUT2D eigenvalue weighted by atomic mass is 10.0. The van der Waals surface area contributed by atoms with Crippen LogP contribution < -0.4 is 5.11 Å². The first-order valence-electron chi connectivity index (χ1n) is 21.2. The highest BCUT2D eigenvalue weighted by Gasteiger charge is 2.25. The fraction of sp³-hybridized carbons (Fsp3) is 0.884. The number of unbranched alkanes of at least 4 members (excludes halogenated alkanes) is 22. The predicted molar refractivity (Wildman–Crippen MR) is 208 cm³/mol. The van der Waals surface area contributed by atoms with Gasteiger partial charge in [0.05, 0.1) is 40.3 Å². The van der Waals surface area contributed by atoms with E-state index < -0.39 is 18.1 Å². The third-order valence-corrected chi connectivity index (χ3v) is 9.67. The molecule has 2 unspecified atom stereocenters. The largest absolute Gasteiger partial charge is 0.544 e. The lowest BCUT2D eigenvalue weighted by Gasteiger charge is -2.34. The van der Waals surface area contributed by atoms with Crippen LogP contribution in [0.5, 0.6) is 0 Å². The van der Waals surface area contributed by atoms with Crippen molar-refractivity contribution in [2.75, 3.05) is 41.0 Å². The molecule has 8 nitrogen and oxygen atoms in total. The van der Waals surface area contributed by atoms with E-state index in [4.69, 9.17) is 14.2 Å². The molecule has 300 valence electrons. The zero-order chi connectivity index (χ0) is 37.8. The Balaban J connectivity index is 4.19. The fourth-order valence-corrected chi connectivity index (χ4v) is 6.32. The molecule has 8 heteroatoms. The van der Waals surface area contributed by atoms with Crippen LogP contribution in [0.3, 0.4) is 0 Å². The normalized spacial score (nSPS) is 13.0. The zero-order valence-corrected chi connectivity index (χ0v) is 34.0. The highest BCUT2D eigenvalue weighted by molar-refractivity contribution is 5.70. The Hall–Kier alpha value is -1.93. The monoisotopic (exact) mass is 724 g/mol. The van der Waals surface area contributed by atoms with Gasteiger partial charge in [-0.15, -0.1) is 0 Å². The molecule has 0 fully saturated rings. The summed E-state index contributed by atoms with van der Waals surface area (Å²) >= 11 is 0. The van der Waals surface area contributed by atoms with Crippen LogP contribution in [0.4, 0.5) is 0 Å². The number of rotatable bonds is 38. The number of hydrogen-bond donors (Lipinski definition) is 0. The molecule has 51 heavy (non-hydrogen) atoms. The SMILES string of the molecule is CCCCC/C=C/CCC(=O)OCC(COCCC(C(=O)[O-])[N+](C)(C)C)OC(=O)CCCCCCCCCCCCCCCCCCCCCC. The summed E-state index contributed by atoms with van der Waals surface area (Å²) in [6.45, 7) is 4.57. The molecule has 2 atom stereocenters. The van der Waals surface area contributed by atoms with Crippen molar-refractivity contribution in [3.8, 4) is 0 Å². The first kappa shape index (κ1) is 49.1. The summed E-state index contributed by atoms with van der Waals surface area (Å²) in [5.74, 6) is -1.79. The van der Waals surface area contributed by atoms with Crippen LogP contribution in [0, 0.1) is 0 Å². The minimum Gasteiger partial charge on any atom is -0.544 e. The Kier molecular flexibility index (Phi) is 33.8. The third kappa shape index (κ3) is 33.6. The molecule has 0 aromatic rings. The maximum atomic E-state index is 12.7. The van der Waals surface area contributed by atoms with Crippen molar-refractivity contribution >= 4 is 17.9 Å². The highest BCUT2D eigenvalue weighted by atomic mass is 16.6. The van der Waals surface area contributed by atoms with Crippen molar-refractivity contribution in [1.29, 1.82) is 0 Å². The van der Waals surface area contributed by atoms with Crippen molar-refractivity contribution < 1.29 is 38.2 Å². The van der Waals surface area contributed by atoms with Gasteiger partial charge < -0.3 is 28.6 Å². The molecule has 0 saturated carbocycles. The molecule has 0 N–H and O–H groups in total. The van der Waals surface area contributed by atoms with Crippen LogP contribution in [-0.4, -0.2) is 75.5 Å². The van der Waals surface area contributed by atoms with Crippen LogP contribution >= 0.6 is 0 Å². The summed E-state index contributed by atoms with van der Waals surface area (Å²) in [6.07, 6.45) is 35.6. The van der Waals surface area contributed by atoms with Crippen LogP contribution in [0.25, 0.3) is 0 Å². The van der Waals surface area contributed by atoms with E-state index in [0.29, 0.717) is 12.8 Å². The zero-order valence-electron chi connectivity index (χ0n) is 34.0. The lowest BCUT2D eigenvalue weighted by Crippen LogP contribution is -2.55. The van der Waals surface area contributed by atoms with Crippen LogP contribution in [-0.2, 0) is 28.6 Å². The number of hydrogen-bond acceptors (Lipinski definition) is 7. The predicted octanol–water partition coefficient (Wildman–Crippen LogP) is 9.80. The minimum atomic E-state index is -1.13. The summed E-state index contributed by atoms with van der Waals surface area (Å²) in [7, 11) is 5.39. The second-order valence-electron chi connectivity index (χ2n) is 15.6. The Morgan fingerprint density at radius 1 is 0.569 bits per heavy atom. The molecular weight excluding hydrogens is 642 g/mol. The molecule has 0 spiro atoms. The van der Waals surface area contributed by atoms with E-state index in [1.54, 1.807) is 21.1 Å². The van der Waals surface area contributed by atoms with E-state index in [1.165, 1.54) is 122 Å². The second kappa shape index (κ2) is 35.1. The summed E-state index contributed by atoms with van der Waals surface area (Å²) < 4.78 is 17.0. The smallest absolute Gasteiger partial charge is 0.306 e. The number of ether oxygens (including phenoxy) is 3. The van der Waals surface area contributed by atoms with Crippen LogP contribution in [0.15, 0.2) is 12.2 Å². The number of aliphatic carboxylic acids is 1. The number of carbonyl (C=O) groups excluding carboxylic acids is 3. The third-order valence-electron chi connectivity index (χ3n) is 9.67. The summed E-state index contributed by atoms with van der Waals surface area (Å²) in [4.78, 5) is 36.6. The van der Waals surface area contributed by atoms with Gasteiger partial charge in [0.25, 0.3) is 0 Å². The Labute approximate surface area is 314 Å². The number of allylic oxidation sites excluding steroid dienone is 2. The molecule has 0 aliphatic carbocycles. The number of nitrogens with zero attached hydrogens (tertiary/aromatic N) is 1. The van der Waals surface area contributed by atoms with E-state index in [1.807, 2.05) is 6.08 Å². The molecule has 0 radical (unpaired) electrons. The van der Waals surface area contributed by atoms with Crippen molar-refractivity contribution in [3.63, 3.8) is 0 Å². The van der Waals surface area contributed by atoms with Gasteiger partial charge in [0.2, 0.25) is 0 Å². The van der Waals surface area contributed by atoms with Gasteiger partial charge in [-0.1, -0.05) is 161 Å². The van der Waals surface area contributed by atoms with Gasteiger partial charge in [0.15, 0.2) is 6.10 Å².